The van der Waals surface area contributed by atoms with Gasteiger partial charge < -0.3 is 10.0 Å². The van der Waals surface area contributed by atoms with Crippen LogP contribution >= 0.6 is 11.6 Å². The molecule has 1 aromatic carbocycles. The molecule has 0 aliphatic carbocycles. The number of benzene rings is 1. The Morgan fingerprint density at radius 3 is 2.50 bits per heavy atom. The molecule has 0 fully saturated rings. The quantitative estimate of drug-likeness (QED) is 0.865. The van der Waals surface area contributed by atoms with Crippen LogP contribution in [0.5, 0.6) is 0 Å². The van der Waals surface area contributed by atoms with E-state index in [1.807, 2.05) is 4.90 Å². The molecule has 0 aliphatic rings. The van der Waals surface area contributed by atoms with Crippen molar-refractivity contribution in [2.45, 2.75) is 11.3 Å². The maximum Gasteiger partial charge on any atom is 0.337 e. The molecule has 0 aliphatic heterocycles. The van der Waals surface area contributed by atoms with Crippen LogP contribution in [0.4, 0.5) is 4.39 Å². The third kappa shape index (κ3) is 4.16. The number of rotatable bonds is 6. The van der Waals surface area contributed by atoms with E-state index in [1.54, 1.807) is 14.1 Å². The Labute approximate surface area is 121 Å². The summed E-state index contributed by atoms with van der Waals surface area (Å²) in [7, 11) is -0.134. The Morgan fingerprint density at radius 1 is 1.40 bits per heavy atom. The number of aromatic carboxylic acids is 1. The smallest absolute Gasteiger partial charge is 0.337 e. The number of hydrogen-bond donors (Lipinski definition) is 1. The highest BCUT2D eigenvalue weighted by molar-refractivity contribution is 7.91. The van der Waals surface area contributed by atoms with E-state index in [-0.39, 0.29) is 10.6 Å². The number of carbonyl (C=O) groups is 1. The largest absolute Gasteiger partial charge is 0.478 e. The lowest BCUT2D eigenvalue weighted by Gasteiger charge is -2.10. The van der Waals surface area contributed by atoms with E-state index in [2.05, 4.69) is 0 Å². The van der Waals surface area contributed by atoms with Crippen LogP contribution in [0.25, 0.3) is 0 Å². The van der Waals surface area contributed by atoms with Crippen LogP contribution < -0.4 is 0 Å². The normalized spacial score (nSPS) is 11.8. The van der Waals surface area contributed by atoms with Crippen LogP contribution in [0.15, 0.2) is 17.0 Å². The fourth-order valence-electron chi connectivity index (χ4n) is 1.59. The van der Waals surface area contributed by atoms with Crippen molar-refractivity contribution in [1.29, 1.82) is 0 Å². The molecule has 0 heterocycles. The van der Waals surface area contributed by atoms with E-state index < -0.39 is 32.2 Å². The molecule has 1 rings (SSSR count). The lowest BCUT2D eigenvalue weighted by atomic mass is 10.2. The number of halogens is 2. The Balaban J connectivity index is 3.10. The zero-order valence-electron chi connectivity index (χ0n) is 11.1. The summed E-state index contributed by atoms with van der Waals surface area (Å²) in [4.78, 5) is 12.4. The fraction of sp³-hybridized carbons (Fsp3) is 0.417. The van der Waals surface area contributed by atoms with Gasteiger partial charge >= 0.3 is 5.97 Å². The van der Waals surface area contributed by atoms with Gasteiger partial charge in [0.15, 0.2) is 9.84 Å². The van der Waals surface area contributed by atoms with E-state index in [1.165, 1.54) is 0 Å². The molecule has 0 unspecified atom stereocenters. The van der Waals surface area contributed by atoms with E-state index in [4.69, 9.17) is 16.7 Å². The van der Waals surface area contributed by atoms with Gasteiger partial charge in [-0.3, -0.25) is 0 Å². The summed E-state index contributed by atoms with van der Waals surface area (Å²) in [6.07, 6.45) is 0.363. The molecule has 0 amide bonds. The van der Waals surface area contributed by atoms with Crippen molar-refractivity contribution in [3.63, 3.8) is 0 Å². The SMILES string of the molecule is CN(C)CCCS(=O)(=O)c1cc(F)c(Cl)c(C(=O)O)c1. The average Bonchev–Trinajstić information content (AvgIpc) is 2.31. The summed E-state index contributed by atoms with van der Waals surface area (Å²) in [5.41, 5.74) is -0.558. The molecule has 0 bridgehead atoms. The minimum Gasteiger partial charge on any atom is -0.478 e. The Kier molecular flexibility index (Phi) is 5.50. The van der Waals surface area contributed by atoms with Gasteiger partial charge in [0.25, 0.3) is 0 Å². The highest BCUT2D eigenvalue weighted by Gasteiger charge is 2.21. The van der Waals surface area contributed by atoms with E-state index in [9.17, 15) is 17.6 Å². The minimum absolute atomic E-state index is 0.189. The topological polar surface area (TPSA) is 74.7 Å². The van der Waals surface area contributed by atoms with Gasteiger partial charge in [0.2, 0.25) is 0 Å². The Bertz CT molecular complexity index is 616. The average molecular weight is 324 g/mol. The minimum atomic E-state index is -3.74. The monoisotopic (exact) mass is 323 g/mol. The fourth-order valence-corrected chi connectivity index (χ4v) is 3.10. The summed E-state index contributed by atoms with van der Waals surface area (Å²) in [5.74, 6) is -2.72. The zero-order chi connectivity index (χ0) is 15.5. The molecule has 0 aromatic heterocycles. The molecular weight excluding hydrogens is 309 g/mol. The maximum absolute atomic E-state index is 13.5. The molecule has 0 saturated heterocycles. The number of hydrogen-bond acceptors (Lipinski definition) is 4. The number of carboxylic acids is 1. The van der Waals surface area contributed by atoms with Gasteiger partial charge in [-0.05, 0) is 39.2 Å². The first kappa shape index (κ1) is 16.9. The first-order valence-corrected chi connectivity index (χ1v) is 7.78. The highest BCUT2D eigenvalue weighted by Crippen LogP contribution is 2.25. The van der Waals surface area contributed by atoms with Crippen LogP contribution in [0, 0.1) is 5.82 Å². The Morgan fingerprint density at radius 2 is 2.00 bits per heavy atom. The first-order valence-electron chi connectivity index (χ1n) is 5.75. The number of sulfone groups is 1. The van der Waals surface area contributed by atoms with Gasteiger partial charge in [0.05, 0.1) is 21.2 Å². The molecule has 0 saturated carbocycles. The molecule has 20 heavy (non-hydrogen) atoms. The van der Waals surface area contributed by atoms with Crippen molar-refractivity contribution < 1.29 is 22.7 Å². The van der Waals surface area contributed by atoms with Crippen molar-refractivity contribution in [2.75, 3.05) is 26.4 Å². The van der Waals surface area contributed by atoms with Crippen molar-refractivity contribution in [1.82, 2.24) is 4.90 Å². The second kappa shape index (κ2) is 6.51. The number of nitrogens with zero attached hydrogens (tertiary/aromatic N) is 1. The van der Waals surface area contributed by atoms with Gasteiger partial charge in [-0.15, -0.1) is 0 Å². The van der Waals surface area contributed by atoms with Crippen molar-refractivity contribution in [3.05, 3.63) is 28.5 Å². The third-order valence-electron chi connectivity index (χ3n) is 2.61. The molecule has 5 nitrogen and oxygen atoms in total. The molecule has 112 valence electrons. The second-order valence-corrected chi connectivity index (χ2v) is 7.03. The summed E-state index contributed by atoms with van der Waals surface area (Å²) >= 11 is 5.50. The second-order valence-electron chi connectivity index (χ2n) is 4.55. The van der Waals surface area contributed by atoms with Gasteiger partial charge in [-0.1, -0.05) is 11.6 Å². The zero-order valence-corrected chi connectivity index (χ0v) is 12.6. The predicted molar refractivity (Wildman–Crippen MR) is 73.6 cm³/mol. The lowest BCUT2D eigenvalue weighted by Crippen LogP contribution is -2.17. The molecule has 1 aromatic rings. The molecular formula is C12H15ClFNO4S. The van der Waals surface area contributed by atoms with E-state index >= 15 is 0 Å². The molecule has 0 radical (unpaired) electrons. The summed E-state index contributed by atoms with van der Waals surface area (Å²) < 4.78 is 37.6. The van der Waals surface area contributed by atoms with E-state index in [0.717, 1.165) is 12.1 Å². The lowest BCUT2D eigenvalue weighted by molar-refractivity contribution is 0.0696. The summed E-state index contributed by atoms with van der Waals surface area (Å²) in [5, 5.41) is 8.28. The first-order chi connectivity index (χ1) is 9.15. The van der Waals surface area contributed by atoms with Crippen LogP contribution in [-0.4, -0.2) is 50.8 Å². The molecule has 8 heteroatoms. The van der Waals surface area contributed by atoms with Gasteiger partial charge in [0, 0.05) is 0 Å². The molecule has 1 N–H and O–H groups in total. The van der Waals surface area contributed by atoms with Crippen molar-refractivity contribution >= 4 is 27.4 Å². The van der Waals surface area contributed by atoms with Crippen molar-refractivity contribution in [3.8, 4) is 0 Å². The third-order valence-corrected chi connectivity index (χ3v) is 4.77. The van der Waals surface area contributed by atoms with E-state index in [0.29, 0.717) is 13.0 Å². The number of carboxylic acid groups (broad SMARTS) is 1. The van der Waals surface area contributed by atoms with Gasteiger partial charge in [-0.2, -0.15) is 0 Å². The van der Waals surface area contributed by atoms with Gasteiger partial charge in [0.1, 0.15) is 5.82 Å². The van der Waals surface area contributed by atoms with Crippen LogP contribution in [-0.2, 0) is 9.84 Å². The maximum atomic E-state index is 13.5. The van der Waals surface area contributed by atoms with Crippen LogP contribution in [0.2, 0.25) is 5.02 Å². The molecule has 0 spiro atoms. The van der Waals surface area contributed by atoms with Crippen LogP contribution in [0.1, 0.15) is 16.8 Å². The summed E-state index contributed by atoms with van der Waals surface area (Å²) in [6, 6.07) is 1.64. The van der Waals surface area contributed by atoms with Gasteiger partial charge in [-0.25, -0.2) is 17.6 Å². The Hall–Kier alpha value is -1.18. The summed E-state index contributed by atoms with van der Waals surface area (Å²) in [6.45, 7) is 0.557. The molecule has 0 atom stereocenters. The van der Waals surface area contributed by atoms with Crippen molar-refractivity contribution in [2.24, 2.45) is 0 Å². The standard InChI is InChI=1S/C12H15ClFNO4S/c1-15(2)4-3-5-20(18,19)8-6-9(12(16)17)11(13)10(14)7-8/h6-7H,3-5H2,1-2H3,(H,16,17). The predicted octanol–water partition coefficient (Wildman–Crippen LogP) is 1.90. The highest BCUT2D eigenvalue weighted by atomic mass is 35.5. The van der Waals surface area contributed by atoms with Crippen LogP contribution in [0.3, 0.4) is 0 Å².